The molecule has 0 heterocycles. The Hall–Kier alpha value is 1.20. The Labute approximate surface area is 57.9 Å². The summed E-state index contributed by atoms with van der Waals surface area (Å²) in [7, 11) is 4.76. The van der Waals surface area contributed by atoms with E-state index in [-0.39, 0.29) is 0 Å². The molecule has 0 aromatic carbocycles. The van der Waals surface area contributed by atoms with E-state index < -0.39 is 0 Å². The molecule has 0 bridgehead atoms. The van der Waals surface area contributed by atoms with E-state index in [1.54, 1.807) is 0 Å². The molecule has 0 saturated heterocycles. The molecule has 0 aromatic rings. The van der Waals surface area contributed by atoms with Crippen LogP contribution < -0.4 is 0 Å². The third-order valence-electron chi connectivity index (χ3n) is 0. The third kappa shape index (κ3) is 63.5. The Kier molecular flexibility index (Phi) is 16.2. The summed E-state index contributed by atoms with van der Waals surface area (Å²) in [6.07, 6.45) is 0. The summed E-state index contributed by atoms with van der Waals surface area (Å²) in [6.45, 7) is 3.70. The normalized spacial score (nSPS) is 7.17. The van der Waals surface area contributed by atoms with Crippen LogP contribution in [0.4, 0.5) is 0 Å². The van der Waals surface area contributed by atoms with Gasteiger partial charge in [-0.2, -0.15) is 13.8 Å². The van der Waals surface area contributed by atoms with Gasteiger partial charge in [-0.25, -0.2) is 5.38 Å². The van der Waals surface area contributed by atoms with Crippen LogP contribution in [0, 0.1) is 5.38 Å². The molecule has 0 amide bonds. The maximum atomic E-state index is 5.19. The van der Waals surface area contributed by atoms with Gasteiger partial charge in [-0.3, -0.25) is 0 Å². The van der Waals surface area contributed by atoms with Crippen molar-refractivity contribution in [2.45, 2.75) is 13.8 Å². The Balaban J connectivity index is 0. The monoisotopic (exact) mass is 176 g/mol. The molecule has 6 heavy (non-hydrogen) atoms. The van der Waals surface area contributed by atoms with Crippen LogP contribution in [0.15, 0.2) is 0 Å². The van der Waals surface area contributed by atoms with E-state index in [0.717, 1.165) is 22.7 Å². The summed E-state index contributed by atoms with van der Waals surface area (Å²) in [6, 6.07) is 0. The van der Waals surface area contributed by atoms with Crippen LogP contribution in [0.5, 0.6) is 0 Å². The van der Waals surface area contributed by atoms with Gasteiger partial charge in [0.05, 0.1) is 0 Å². The Morgan fingerprint density at radius 1 is 1.33 bits per heavy atom. The first-order valence-corrected chi connectivity index (χ1v) is 5.73. The van der Waals surface area contributed by atoms with E-state index in [9.17, 15) is 0 Å². The first kappa shape index (κ1) is 10.2. The van der Waals surface area contributed by atoms with E-state index in [1.807, 2.05) is 13.8 Å². The average molecular weight is 178 g/mol. The van der Waals surface area contributed by atoms with Crippen LogP contribution >= 0.6 is 21.3 Å². The SMILES string of the molecule is C[C-](C)Cl.[Cl][Zn+]. The zero-order valence-corrected chi connectivity index (χ0v) is 8.44. The minimum absolute atomic E-state index is 0.847. The molecule has 34 valence electrons. The van der Waals surface area contributed by atoms with Gasteiger partial charge in [0, 0.05) is 0 Å². The van der Waals surface area contributed by atoms with E-state index in [4.69, 9.17) is 21.3 Å². The van der Waals surface area contributed by atoms with Gasteiger partial charge in [0.15, 0.2) is 0 Å². The Morgan fingerprint density at radius 2 is 1.33 bits per heavy atom. The molecule has 0 aliphatic heterocycles. The topological polar surface area (TPSA) is 0 Å². The summed E-state index contributed by atoms with van der Waals surface area (Å²) < 4.78 is 0. The van der Waals surface area contributed by atoms with Crippen molar-refractivity contribution >= 4 is 21.3 Å². The summed E-state index contributed by atoms with van der Waals surface area (Å²) in [5.41, 5.74) is 0. The summed E-state index contributed by atoms with van der Waals surface area (Å²) in [5.74, 6) is 0. The zero-order valence-electron chi connectivity index (χ0n) is 3.96. The molecule has 0 atom stereocenters. The van der Waals surface area contributed by atoms with Gasteiger partial charge >= 0.3 is 27.0 Å². The quantitative estimate of drug-likeness (QED) is 0.395. The molecule has 0 nitrogen and oxygen atoms in total. The zero-order chi connectivity index (χ0) is 5.58. The van der Waals surface area contributed by atoms with Gasteiger partial charge in [0.1, 0.15) is 0 Å². The molecule has 0 aliphatic carbocycles. The summed E-state index contributed by atoms with van der Waals surface area (Å²) in [4.78, 5) is 0. The van der Waals surface area contributed by atoms with Crippen molar-refractivity contribution in [3.8, 4) is 0 Å². The van der Waals surface area contributed by atoms with Gasteiger partial charge in [0.2, 0.25) is 0 Å². The molecule has 0 N–H and O–H groups in total. The van der Waals surface area contributed by atoms with Gasteiger partial charge in [-0.1, -0.05) is 0 Å². The molecule has 0 aromatic heterocycles. The van der Waals surface area contributed by atoms with E-state index in [1.165, 1.54) is 0 Å². The maximum absolute atomic E-state index is 5.19. The first-order chi connectivity index (χ1) is 2.73. The van der Waals surface area contributed by atoms with Crippen molar-refractivity contribution in [2.24, 2.45) is 0 Å². The molecule has 0 unspecified atom stereocenters. The van der Waals surface area contributed by atoms with Gasteiger partial charge in [-0.05, 0) is 0 Å². The fourth-order valence-electron chi connectivity index (χ4n) is 0. The van der Waals surface area contributed by atoms with Crippen LogP contribution in [-0.4, -0.2) is 0 Å². The van der Waals surface area contributed by atoms with Gasteiger partial charge in [0.25, 0.3) is 0 Å². The fourth-order valence-corrected chi connectivity index (χ4v) is 0. The molecule has 0 radical (unpaired) electrons. The van der Waals surface area contributed by atoms with Crippen LogP contribution in [-0.2, 0) is 17.3 Å². The predicted molar refractivity (Wildman–Crippen MR) is 26.3 cm³/mol. The van der Waals surface area contributed by atoms with Crippen molar-refractivity contribution in [2.75, 3.05) is 0 Å². The molecule has 0 fully saturated rings. The minimum atomic E-state index is 0.847. The van der Waals surface area contributed by atoms with Crippen LogP contribution in [0.3, 0.4) is 0 Å². The first-order valence-electron chi connectivity index (χ1n) is 1.46. The van der Waals surface area contributed by atoms with E-state index in [2.05, 4.69) is 0 Å². The predicted octanol–water partition coefficient (Wildman–Crippen LogP) is 2.48. The molecule has 0 aliphatic rings. The molecule has 3 heteroatoms. The molecule has 0 spiro atoms. The second kappa shape index (κ2) is 9.51. The Morgan fingerprint density at radius 3 is 1.33 bits per heavy atom. The molecule has 0 saturated carbocycles. The number of hydrogen-bond acceptors (Lipinski definition) is 0. The number of rotatable bonds is 0. The third-order valence-corrected chi connectivity index (χ3v) is 0. The van der Waals surface area contributed by atoms with Crippen molar-refractivity contribution in [3.05, 3.63) is 5.38 Å². The summed E-state index contributed by atoms with van der Waals surface area (Å²) >= 11 is 6.04. The molecular formula is C3H6Cl2Zn. The standard InChI is InChI=1S/C3H6Cl.ClH.Zn/c1-3(2)4;;/h1-2H3;1H;/q-1;;+2/p-1. The summed E-state index contributed by atoms with van der Waals surface area (Å²) in [5, 5.41) is 0.889. The average Bonchev–Trinajstić information content (AvgIpc) is 1.41. The van der Waals surface area contributed by atoms with Crippen LogP contribution in [0.2, 0.25) is 0 Å². The van der Waals surface area contributed by atoms with Crippen molar-refractivity contribution < 1.29 is 17.3 Å². The Bertz CT molecular complexity index is 13.5. The second-order valence-corrected chi connectivity index (χ2v) is 1.63. The molecular weight excluding hydrogens is 172 g/mol. The number of hydrogen-bond donors (Lipinski definition) is 0. The van der Waals surface area contributed by atoms with Crippen molar-refractivity contribution in [1.82, 2.24) is 0 Å². The number of halogens is 2. The molecule has 0 rings (SSSR count). The van der Waals surface area contributed by atoms with Gasteiger partial charge in [-0.15, -0.1) is 0 Å². The van der Waals surface area contributed by atoms with Crippen molar-refractivity contribution in [1.29, 1.82) is 0 Å². The fraction of sp³-hybridized carbons (Fsp3) is 0.667. The van der Waals surface area contributed by atoms with E-state index >= 15 is 0 Å². The van der Waals surface area contributed by atoms with Crippen LogP contribution in [0.1, 0.15) is 13.8 Å². The van der Waals surface area contributed by atoms with Crippen LogP contribution in [0.25, 0.3) is 0 Å². The van der Waals surface area contributed by atoms with E-state index in [0.29, 0.717) is 0 Å². The van der Waals surface area contributed by atoms with Crippen molar-refractivity contribution in [3.63, 3.8) is 0 Å². The van der Waals surface area contributed by atoms with Gasteiger partial charge < -0.3 is 11.6 Å². The second-order valence-electron chi connectivity index (χ2n) is 0.878.